The van der Waals surface area contributed by atoms with Gasteiger partial charge < -0.3 is 23.7 Å². The van der Waals surface area contributed by atoms with Gasteiger partial charge >= 0.3 is 0 Å². The molecule has 1 aliphatic heterocycles. The fraction of sp³-hybridized carbons (Fsp3) is 1.00. The summed E-state index contributed by atoms with van der Waals surface area (Å²) in [5.41, 5.74) is 8.73. The van der Waals surface area contributed by atoms with Crippen LogP contribution in [0.1, 0.15) is 59.3 Å². The summed E-state index contributed by atoms with van der Waals surface area (Å²) in [5, 5.41) is 3.70. The Morgan fingerprint density at radius 2 is 1.37 bits per heavy atom. The second-order valence-electron chi connectivity index (χ2n) is 6.76. The fourth-order valence-corrected chi connectivity index (χ4v) is 2.99. The Hall–Kier alpha value is -0.890. The van der Waals surface area contributed by atoms with Crippen molar-refractivity contribution in [2.75, 3.05) is 33.5 Å². The smallest absolute Gasteiger partial charge is 0.186 e. The largest absolute Gasteiger partial charge is 0.373 e. The number of hydrogen-bond acceptors (Lipinski definition) is 6. The van der Waals surface area contributed by atoms with Gasteiger partial charge in [-0.15, -0.1) is 0 Å². The van der Waals surface area contributed by atoms with Crippen LogP contribution < -0.4 is 0 Å². The summed E-state index contributed by atoms with van der Waals surface area (Å²) in [4.78, 5) is 2.87. The van der Waals surface area contributed by atoms with Crippen molar-refractivity contribution < 1.29 is 23.7 Å². The number of rotatable bonds is 15. The molecule has 5 unspecified atom stereocenters. The van der Waals surface area contributed by atoms with E-state index in [0.717, 1.165) is 38.5 Å². The first-order valence-corrected chi connectivity index (χ1v) is 10.3. The Morgan fingerprint density at radius 1 is 0.852 bits per heavy atom. The van der Waals surface area contributed by atoms with Gasteiger partial charge in [0.05, 0.1) is 12.6 Å². The Kier molecular flexibility index (Phi) is 13.5. The van der Waals surface area contributed by atoms with Crippen LogP contribution in [0.3, 0.4) is 0 Å². The van der Waals surface area contributed by atoms with E-state index < -0.39 is 12.4 Å². The van der Waals surface area contributed by atoms with Gasteiger partial charge in [-0.1, -0.05) is 45.1 Å². The molecule has 0 aliphatic carbocycles. The standard InChI is InChI=1S/C19H37N3O5/c1-5-8-11-24-16-15(14-21-22-20)27-19(23-4)18(26-13-10-7-3)17(16)25-12-9-6-2/h15-19H,5-14H2,1-4H3. The Bertz CT molecular complexity index is 420. The van der Waals surface area contributed by atoms with Crippen molar-refractivity contribution in [1.82, 2.24) is 0 Å². The molecule has 0 aromatic carbocycles. The predicted molar refractivity (Wildman–Crippen MR) is 104 cm³/mol. The van der Waals surface area contributed by atoms with Crippen LogP contribution in [0.2, 0.25) is 0 Å². The van der Waals surface area contributed by atoms with Crippen LogP contribution in [0.15, 0.2) is 5.11 Å². The lowest BCUT2D eigenvalue weighted by atomic mass is 9.97. The Labute approximate surface area is 163 Å². The SMILES string of the molecule is CCCCOC1C(CN=[N+]=[N-])OC(OC)C(OCCCC)C1OCCCC. The average Bonchev–Trinajstić information content (AvgIpc) is 2.68. The van der Waals surface area contributed by atoms with Crippen LogP contribution in [-0.2, 0) is 23.7 Å². The summed E-state index contributed by atoms with van der Waals surface area (Å²) in [6.45, 7) is 8.36. The lowest BCUT2D eigenvalue weighted by molar-refractivity contribution is -0.311. The first-order valence-electron chi connectivity index (χ1n) is 10.3. The first kappa shape index (κ1) is 24.1. The average molecular weight is 388 g/mol. The van der Waals surface area contributed by atoms with Crippen molar-refractivity contribution in [2.24, 2.45) is 5.11 Å². The molecule has 1 heterocycles. The summed E-state index contributed by atoms with van der Waals surface area (Å²) in [5.74, 6) is 0. The second kappa shape index (κ2) is 15.1. The molecule has 27 heavy (non-hydrogen) atoms. The Balaban J connectivity index is 2.99. The predicted octanol–water partition coefficient (Wildman–Crippen LogP) is 4.22. The molecule has 0 aromatic heterocycles. The Morgan fingerprint density at radius 3 is 1.85 bits per heavy atom. The number of unbranched alkanes of at least 4 members (excludes halogenated alkanes) is 3. The normalized spacial score (nSPS) is 28.1. The highest BCUT2D eigenvalue weighted by Crippen LogP contribution is 2.29. The van der Waals surface area contributed by atoms with Gasteiger partial charge in [0.1, 0.15) is 18.3 Å². The molecule has 0 saturated carbocycles. The summed E-state index contributed by atoms with van der Waals surface area (Å²) >= 11 is 0. The summed E-state index contributed by atoms with van der Waals surface area (Å²) < 4.78 is 30.0. The van der Waals surface area contributed by atoms with E-state index in [9.17, 15) is 0 Å². The molecule has 8 heteroatoms. The minimum absolute atomic E-state index is 0.169. The number of methoxy groups -OCH3 is 1. The monoisotopic (exact) mass is 387 g/mol. The van der Waals surface area contributed by atoms with Crippen molar-refractivity contribution in [2.45, 2.75) is 90.0 Å². The highest BCUT2D eigenvalue weighted by atomic mass is 16.7. The van der Waals surface area contributed by atoms with E-state index >= 15 is 0 Å². The molecule has 1 aliphatic rings. The van der Waals surface area contributed by atoms with Crippen LogP contribution in [0.5, 0.6) is 0 Å². The van der Waals surface area contributed by atoms with Crippen LogP contribution in [-0.4, -0.2) is 64.2 Å². The zero-order valence-corrected chi connectivity index (χ0v) is 17.3. The van der Waals surface area contributed by atoms with Gasteiger partial charge in [0.25, 0.3) is 0 Å². The lowest BCUT2D eigenvalue weighted by Crippen LogP contribution is -2.61. The molecule has 158 valence electrons. The molecule has 0 aromatic rings. The molecular formula is C19H37N3O5. The highest BCUT2D eigenvalue weighted by molar-refractivity contribution is 4.94. The number of nitrogens with zero attached hydrogens (tertiary/aromatic N) is 3. The molecule has 0 bridgehead atoms. The highest BCUT2D eigenvalue weighted by Gasteiger charge is 2.48. The molecule has 0 spiro atoms. The van der Waals surface area contributed by atoms with Crippen molar-refractivity contribution in [3.8, 4) is 0 Å². The van der Waals surface area contributed by atoms with Crippen LogP contribution in [0, 0.1) is 0 Å². The summed E-state index contributed by atoms with van der Waals surface area (Å²) in [6, 6.07) is 0. The van der Waals surface area contributed by atoms with E-state index in [4.69, 9.17) is 29.2 Å². The fourth-order valence-electron chi connectivity index (χ4n) is 2.99. The number of azide groups is 1. The van der Waals surface area contributed by atoms with Crippen LogP contribution in [0.25, 0.3) is 10.4 Å². The molecule has 0 radical (unpaired) electrons. The van der Waals surface area contributed by atoms with Gasteiger partial charge in [-0.2, -0.15) is 0 Å². The van der Waals surface area contributed by atoms with Gasteiger partial charge in [0.15, 0.2) is 6.29 Å². The van der Waals surface area contributed by atoms with Crippen molar-refractivity contribution in [1.29, 1.82) is 0 Å². The zero-order chi connectivity index (χ0) is 19.9. The van der Waals surface area contributed by atoms with E-state index in [1.165, 1.54) is 0 Å². The topological polar surface area (TPSA) is 94.9 Å². The van der Waals surface area contributed by atoms with Crippen LogP contribution >= 0.6 is 0 Å². The molecular weight excluding hydrogens is 350 g/mol. The van der Waals surface area contributed by atoms with Crippen molar-refractivity contribution in [3.05, 3.63) is 10.4 Å². The first-order chi connectivity index (χ1) is 13.2. The number of hydrogen-bond donors (Lipinski definition) is 0. The van der Waals surface area contributed by atoms with Gasteiger partial charge in [-0.25, -0.2) is 0 Å². The van der Waals surface area contributed by atoms with Gasteiger partial charge in [0.2, 0.25) is 0 Å². The molecule has 1 saturated heterocycles. The van der Waals surface area contributed by atoms with E-state index in [0.29, 0.717) is 19.8 Å². The van der Waals surface area contributed by atoms with E-state index in [1.54, 1.807) is 7.11 Å². The molecule has 1 rings (SSSR count). The lowest BCUT2D eigenvalue weighted by Gasteiger charge is -2.45. The summed E-state index contributed by atoms with van der Waals surface area (Å²) in [7, 11) is 1.59. The number of ether oxygens (including phenoxy) is 5. The van der Waals surface area contributed by atoms with E-state index in [-0.39, 0.29) is 24.9 Å². The molecule has 0 amide bonds. The van der Waals surface area contributed by atoms with Crippen molar-refractivity contribution >= 4 is 0 Å². The maximum atomic E-state index is 8.73. The summed E-state index contributed by atoms with van der Waals surface area (Å²) in [6.07, 6.45) is 3.89. The van der Waals surface area contributed by atoms with Gasteiger partial charge in [-0.3, -0.25) is 0 Å². The maximum Gasteiger partial charge on any atom is 0.186 e. The third-order valence-corrected chi connectivity index (χ3v) is 4.57. The minimum atomic E-state index is -0.585. The van der Waals surface area contributed by atoms with Crippen molar-refractivity contribution in [3.63, 3.8) is 0 Å². The van der Waals surface area contributed by atoms with Gasteiger partial charge in [-0.05, 0) is 24.8 Å². The molecule has 1 fully saturated rings. The van der Waals surface area contributed by atoms with E-state index in [1.807, 2.05) is 0 Å². The third-order valence-electron chi connectivity index (χ3n) is 4.57. The maximum absolute atomic E-state index is 8.73. The molecule has 0 N–H and O–H groups in total. The van der Waals surface area contributed by atoms with Gasteiger partial charge in [0, 0.05) is 31.8 Å². The quantitative estimate of drug-likeness (QED) is 0.181. The zero-order valence-electron chi connectivity index (χ0n) is 17.3. The van der Waals surface area contributed by atoms with Crippen LogP contribution in [0.4, 0.5) is 0 Å². The molecule has 8 nitrogen and oxygen atoms in total. The van der Waals surface area contributed by atoms with E-state index in [2.05, 4.69) is 30.8 Å². The third kappa shape index (κ3) is 8.34. The molecule has 5 atom stereocenters. The second-order valence-corrected chi connectivity index (χ2v) is 6.76. The minimum Gasteiger partial charge on any atom is -0.373 e.